The van der Waals surface area contributed by atoms with E-state index in [1.165, 1.54) is 12.0 Å². The van der Waals surface area contributed by atoms with Crippen LogP contribution in [0.2, 0.25) is 0 Å². The molecule has 0 saturated carbocycles. The third kappa shape index (κ3) is 3.98. The van der Waals surface area contributed by atoms with Gasteiger partial charge in [-0.05, 0) is 38.5 Å². The first kappa shape index (κ1) is 13.9. The van der Waals surface area contributed by atoms with Crippen LogP contribution in [-0.2, 0) is 4.79 Å². The van der Waals surface area contributed by atoms with E-state index in [4.69, 9.17) is 5.11 Å². The van der Waals surface area contributed by atoms with Crippen molar-refractivity contribution in [3.8, 4) is 0 Å². The van der Waals surface area contributed by atoms with Crippen LogP contribution in [0.25, 0.3) is 0 Å². The van der Waals surface area contributed by atoms with Crippen molar-refractivity contribution in [2.24, 2.45) is 5.92 Å². The minimum Gasteiger partial charge on any atom is -0.481 e. The van der Waals surface area contributed by atoms with Crippen molar-refractivity contribution in [2.75, 3.05) is 19.6 Å². The van der Waals surface area contributed by atoms with Gasteiger partial charge in [0, 0.05) is 19.6 Å². The van der Waals surface area contributed by atoms with E-state index in [0.29, 0.717) is 26.1 Å². The lowest BCUT2D eigenvalue weighted by molar-refractivity contribution is -0.143. The minimum atomic E-state index is -0.798. The number of carbonyl (C=O) groups is 2. The van der Waals surface area contributed by atoms with Crippen LogP contribution < -0.4 is 5.32 Å². The number of nitrogens with zero attached hydrogens (tertiary/aromatic N) is 1. The zero-order valence-electron chi connectivity index (χ0n) is 11.2. The molecule has 1 saturated heterocycles. The molecule has 2 rings (SSSR count). The molecular formula is C14H22N2O3. The number of amides is 2. The molecule has 5 nitrogen and oxygen atoms in total. The van der Waals surface area contributed by atoms with Crippen LogP contribution in [0.3, 0.4) is 0 Å². The first-order valence-electron chi connectivity index (χ1n) is 7.10. The van der Waals surface area contributed by atoms with Crippen molar-refractivity contribution in [2.45, 2.75) is 38.5 Å². The lowest BCUT2D eigenvalue weighted by atomic mass is 9.99. The van der Waals surface area contributed by atoms with Crippen LogP contribution in [0.5, 0.6) is 0 Å². The van der Waals surface area contributed by atoms with E-state index in [2.05, 4.69) is 11.4 Å². The predicted molar refractivity (Wildman–Crippen MR) is 71.9 cm³/mol. The summed E-state index contributed by atoms with van der Waals surface area (Å²) in [6.45, 7) is 1.65. The average Bonchev–Trinajstić information content (AvgIpc) is 2.92. The largest absolute Gasteiger partial charge is 0.481 e. The molecule has 5 heteroatoms. The maximum atomic E-state index is 11.9. The van der Waals surface area contributed by atoms with Crippen LogP contribution in [0.15, 0.2) is 11.6 Å². The van der Waals surface area contributed by atoms with Gasteiger partial charge < -0.3 is 15.3 Å². The van der Waals surface area contributed by atoms with E-state index in [9.17, 15) is 9.59 Å². The van der Waals surface area contributed by atoms with Gasteiger partial charge in [0.15, 0.2) is 0 Å². The number of carbonyl (C=O) groups excluding carboxylic acids is 1. The highest BCUT2D eigenvalue weighted by molar-refractivity contribution is 5.76. The summed E-state index contributed by atoms with van der Waals surface area (Å²) in [4.78, 5) is 24.5. The molecule has 0 radical (unpaired) electrons. The van der Waals surface area contributed by atoms with Crippen molar-refractivity contribution in [1.82, 2.24) is 10.2 Å². The summed E-state index contributed by atoms with van der Waals surface area (Å²) in [6.07, 6.45) is 8.17. The fourth-order valence-corrected chi connectivity index (χ4v) is 2.77. The highest BCUT2D eigenvalue weighted by Crippen LogP contribution is 2.20. The van der Waals surface area contributed by atoms with Gasteiger partial charge in [-0.25, -0.2) is 4.79 Å². The number of carboxylic acids is 1. The smallest absolute Gasteiger partial charge is 0.317 e. The molecule has 1 aliphatic heterocycles. The third-order valence-electron chi connectivity index (χ3n) is 3.92. The Kier molecular flexibility index (Phi) is 4.82. The summed E-state index contributed by atoms with van der Waals surface area (Å²) < 4.78 is 0. The Bertz CT molecular complexity index is 379. The fourth-order valence-electron chi connectivity index (χ4n) is 2.77. The standard InChI is InChI=1S/C14H22N2O3/c17-13(18)12-6-3-9-16(10-12)14(19)15-8-7-11-4-1-2-5-11/h4,12H,1-3,5-10H2,(H,15,19)(H,17,18)/t12-/m1/s1. The zero-order chi connectivity index (χ0) is 13.7. The summed E-state index contributed by atoms with van der Waals surface area (Å²) in [5, 5.41) is 11.9. The molecular weight excluding hydrogens is 244 g/mol. The molecule has 2 N–H and O–H groups in total. The number of hydrogen-bond acceptors (Lipinski definition) is 2. The number of carboxylic acid groups (broad SMARTS) is 1. The minimum absolute atomic E-state index is 0.121. The van der Waals surface area contributed by atoms with Gasteiger partial charge in [-0.3, -0.25) is 4.79 Å². The van der Waals surface area contributed by atoms with Crippen LogP contribution in [0.4, 0.5) is 4.79 Å². The van der Waals surface area contributed by atoms with Crippen molar-refractivity contribution in [3.05, 3.63) is 11.6 Å². The number of nitrogens with one attached hydrogen (secondary N) is 1. The molecule has 0 aromatic rings. The molecule has 1 fully saturated rings. The van der Waals surface area contributed by atoms with E-state index in [-0.39, 0.29) is 6.03 Å². The second kappa shape index (κ2) is 6.59. The molecule has 0 spiro atoms. The highest BCUT2D eigenvalue weighted by Gasteiger charge is 2.27. The summed E-state index contributed by atoms with van der Waals surface area (Å²) >= 11 is 0. The first-order valence-corrected chi connectivity index (χ1v) is 7.10. The maximum absolute atomic E-state index is 11.9. The van der Waals surface area contributed by atoms with Crippen molar-refractivity contribution < 1.29 is 14.7 Å². The Morgan fingerprint density at radius 2 is 2.26 bits per heavy atom. The van der Waals surface area contributed by atoms with Crippen LogP contribution in [-0.4, -0.2) is 41.6 Å². The van der Waals surface area contributed by atoms with Crippen molar-refractivity contribution in [1.29, 1.82) is 0 Å². The molecule has 0 aromatic heterocycles. The number of piperidine rings is 1. The quantitative estimate of drug-likeness (QED) is 0.765. The van der Waals surface area contributed by atoms with E-state index >= 15 is 0 Å². The lowest BCUT2D eigenvalue weighted by Gasteiger charge is -2.30. The van der Waals surface area contributed by atoms with Gasteiger partial charge in [-0.15, -0.1) is 0 Å². The number of likely N-dealkylation sites (tertiary alicyclic amines) is 1. The van der Waals surface area contributed by atoms with Gasteiger partial charge in [-0.1, -0.05) is 11.6 Å². The number of rotatable bonds is 4. The van der Waals surface area contributed by atoms with Gasteiger partial charge in [0.05, 0.1) is 5.92 Å². The van der Waals surface area contributed by atoms with Gasteiger partial charge in [0.2, 0.25) is 0 Å². The zero-order valence-corrected chi connectivity index (χ0v) is 11.2. The molecule has 2 aliphatic rings. The van der Waals surface area contributed by atoms with Crippen LogP contribution in [0.1, 0.15) is 38.5 Å². The second-order valence-electron chi connectivity index (χ2n) is 5.36. The Balaban J connectivity index is 1.71. The van der Waals surface area contributed by atoms with E-state index in [1.807, 2.05) is 0 Å². The molecule has 0 aromatic carbocycles. The molecule has 106 valence electrons. The molecule has 2 amide bonds. The Morgan fingerprint density at radius 3 is 2.95 bits per heavy atom. The molecule has 1 atom stereocenters. The Morgan fingerprint density at radius 1 is 1.42 bits per heavy atom. The number of urea groups is 1. The molecule has 0 unspecified atom stereocenters. The van der Waals surface area contributed by atoms with E-state index in [1.54, 1.807) is 4.90 Å². The number of hydrogen-bond donors (Lipinski definition) is 2. The van der Waals surface area contributed by atoms with Gasteiger partial charge in [0.1, 0.15) is 0 Å². The van der Waals surface area contributed by atoms with Gasteiger partial charge in [0.25, 0.3) is 0 Å². The Hall–Kier alpha value is -1.52. The van der Waals surface area contributed by atoms with Crippen LogP contribution in [0, 0.1) is 5.92 Å². The molecule has 19 heavy (non-hydrogen) atoms. The summed E-state index contributed by atoms with van der Waals surface area (Å²) in [5.74, 6) is -1.20. The second-order valence-corrected chi connectivity index (χ2v) is 5.36. The number of aliphatic carboxylic acids is 1. The fraction of sp³-hybridized carbons (Fsp3) is 0.714. The van der Waals surface area contributed by atoms with Crippen LogP contribution >= 0.6 is 0 Å². The molecule has 0 bridgehead atoms. The summed E-state index contributed by atoms with van der Waals surface area (Å²) in [5.41, 5.74) is 1.43. The number of allylic oxidation sites excluding steroid dienone is 1. The topological polar surface area (TPSA) is 69.6 Å². The van der Waals surface area contributed by atoms with Crippen molar-refractivity contribution in [3.63, 3.8) is 0 Å². The Labute approximate surface area is 113 Å². The summed E-state index contributed by atoms with van der Waals surface area (Å²) in [7, 11) is 0. The van der Waals surface area contributed by atoms with Gasteiger partial charge >= 0.3 is 12.0 Å². The van der Waals surface area contributed by atoms with Gasteiger partial charge in [-0.2, -0.15) is 0 Å². The first-order chi connectivity index (χ1) is 9.16. The predicted octanol–water partition coefficient (Wildman–Crippen LogP) is 1.99. The van der Waals surface area contributed by atoms with Crippen molar-refractivity contribution >= 4 is 12.0 Å². The van der Waals surface area contributed by atoms with E-state index in [0.717, 1.165) is 25.7 Å². The third-order valence-corrected chi connectivity index (χ3v) is 3.92. The van der Waals surface area contributed by atoms with E-state index < -0.39 is 11.9 Å². The monoisotopic (exact) mass is 266 g/mol. The average molecular weight is 266 g/mol. The molecule has 1 heterocycles. The maximum Gasteiger partial charge on any atom is 0.317 e. The molecule has 1 aliphatic carbocycles. The normalized spacial score (nSPS) is 23.1. The lowest BCUT2D eigenvalue weighted by Crippen LogP contribution is -2.47. The SMILES string of the molecule is O=C(O)[C@@H]1CCCN(C(=O)NCCC2=CCCC2)C1. The highest BCUT2D eigenvalue weighted by atomic mass is 16.4. The summed E-state index contributed by atoms with van der Waals surface area (Å²) in [6, 6.07) is -0.121.